The van der Waals surface area contributed by atoms with Crippen molar-refractivity contribution in [2.75, 3.05) is 11.1 Å². The summed E-state index contributed by atoms with van der Waals surface area (Å²) in [6.45, 7) is 0. The van der Waals surface area contributed by atoms with Crippen molar-refractivity contribution in [2.24, 2.45) is 0 Å². The molecule has 0 aliphatic carbocycles. The first kappa shape index (κ1) is 12.0. The predicted molar refractivity (Wildman–Crippen MR) is 75.8 cm³/mol. The summed E-state index contributed by atoms with van der Waals surface area (Å²) < 4.78 is 0. The van der Waals surface area contributed by atoms with Crippen LogP contribution in [0, 0.1) is 0 Å². The molecule has 0 saturated carbocycles. The summed E-state index contributed by atoms with van der Waals surface area (Å²) in [4.78, 5) is 8.17. The number of anilines is 3. The number of rotatable bonds is 2. The third kappa shape index (κ3) is 2.27. The molecule has 4 N–H and O–H groups in total. The lowest BCUT2D eigenvalue weighted by atomic mass is 10.3. The van der Waals surface area contributed by atoms with Crippen molar-refractivity contribution in [1.82, 2.24) is 20.2 Å². The Morgan fingerprint density at radius 1 is 1.21 bits per heavy atom. The molecule has 96 valence electrons. The number of nitrogens with one attached hydrogen (secondary N) is 2. The van der Waals surface area contributed by atoms with Crippen molar-refractivity contribution in [2.45, 2.75) is 0 Å². The van der Waals surface area contributed by atoms with Crippen LogP contribution in [0.15, 0.2) is 24.4 Å². The van der Waals surface area contributed by atoms with Gasteiger partial charge in [-0.05, 0) is 18.2 Å². The molecule has 0 aliphatic rings. The molecule has 0 amide bonds. The van der Waals surface area contributed by atoms with E-state index in [1.54, 1.807) is 24.4 Å². The summed E-state index contributed by atoms with van der Waals surface area (Å²) in [5.41, 5.74) is 6.86. The quantitative estimate of drug-likeness (QED) is 0.676. The molecule has 6 nitrogen and oxygen atoms in total. The molecular formula is C11H8Cl2N6. The highest BCUT2D eigenvalue weighted by molar-refractivity contribution is 6.36. The van der Waals surface area contributed by atoms with Gasteiger partial charge in [0.05, 0.1) is 22.3 Å². The average molecular weight is 295 g/mol. The van der Waals surface area contributed by atoms with Gasteiger partial charge < -0.3 is 11.1 Å². The second kappa shape index (κ2) is 4.56. The minimum Gasteiger partial charge on any atom is -0.368 e. The van der Waals surface area contributed by atoms with Gasteiger partial charge in [0.25, 0.3) is 0 Å². The van der Waals surface area contributed by atoms with E-state index >= 15 is 0 Å². The van der Waals surface area contributed by atoms with Gasteiger partial charge in [0, 0.05) is 5.02 Å². The van der Waals surface area contributed by atoms with Crippen LogP contribution in [0.3, 0.4) is 0 Å². The van der Waals surface area contributed by atoms with Crippen LogP contribution in [0.5, 0.6) is 0 Å². The number of aromatic amines is 1. The van der Waals surface area contributed by atoms with Gasteiger partial charge in [0.2, 0.25) is 5.95 Å². The Morgan fingerprint density at radius 3 is 2.84 bits per heavy atom. The monoisotopic (exact) mass is 294 g/mol. The lowest BCUT2D eigenvalue weighted by molar-refractivity contribution is 1.09. The number of H-pyrrole nitrogens is 1. The number of fused-ring (bicyclic) bond motifs is 1. The van der Waals surface area contributed by atoms with Crippen molar-refractivity contribution in [3.8, 4) is 0 Å². The maximum atomic E-state index is 6.10. The van der Waals surface area contributed by atoms with E-state index in [-0.39, 0.29) is 5.95 Å². The Labute approximate surface area is 118 Å². The summed E-state index contributed by atoms with van der Waals surface area (Å²) in [6.07, 6.45) is 1.61. The second-order valence-electron chi connectivity index (χ2n) is 3.81. The molecule has 1 aromatic carbocycles. The van der Waals surface area contributed by atoms with E-state index < -0.39 is 0 Å². The molecule has 0 saturated heterocycles. The van der Waals surface area contributed by atoms with E-state index in [2.05, 4.69) is 25.5 Å². The van der Waals surface area contributed by atoms with E-state index in [9.17, 15) is 0 Å². The van der Waals surface area contributed by atoms with Crippen LogP contribution in [0.4, 0.5) is 17.5 Å². The number of nitrogens with two attached hydrogens (primary N) is 1. The molecule has 2 aromatic heterocycles. The number of nitrogens with zero attached hydrogens (tertiary/aromatic N) is 3. The largest absolute Gasteiger partial charge is 0.368 e. The number of nitrogen functional groups attached to an aromatic ring is 1. The van der Waals surface area contributed by atoms with Crippen LogP contribution in [0.25, 0.3) is 11.0 Å². The van der Waals surface area contributed by atoms with Crippen LogP contribution >= 0.6 is 23.2 Å². The molecule has 0 bridgehead atoms. The molecule has 0 fully saturated rings. The SMILES string of the molecule is Nc1nc(Nc2ccc(Cl)cc2Cl)c2cn[nH]c2n1. The molecule has 3 rings (SSSR count). The predicted octanol–water partition coefficient (Wildman–Crippen LogP) is 2.99. The molecule has 2 heterocycles. The highest BCUT2D eigenvalue weighted by atomic mass is 35.5. The van der Waals surface area contributed by atoms with Gasteiger partial charge in [-0.1, -0.05) is 23.2 Å². The average Bonchev–Trinajstić information content (AvgIpc) is 2.80. The zero-order valence-electron chi connectivity index (χ0n) is 9.48. The number of hydrogen-bond acceptors (Lipinski definition) is 5. The molecule has 3 aromatic rings. The van der Waals surface area contributed by atoms with Crippen LogP contribution in [-0.2, 0) is 0 Å². The van der Waals surface area contributed by atoms with E-state index in [0.717, 1.165) is 5.39 Å². The molecular weight excluding hydrogens is 287 g/mol. The molecule has 0 spiro atoms. The maximum Gasteiger partial charge on any atom is 0.224 e. The van der Waals surface area contributed by atoms with Crippen molar-refractivity contribution >= 4 is 51.7 Å². The Balaban J connectivity index is 2.07. The highest BCUT2D eigenvalue weighted by Gasteiger charge is 2.10. The van der Waals surface area contributed by atoms with Gasteiger partial charge in [-0.2, -0.15) is 15.1 Å². The first-order chi connectivity index (χ1) is 9.13. The van der Waals surface area contributed by atoms with Gasteiger partial charge in [-0.15, -0.1) is 0 Å². The summed E-state index contributed by atoms with van der Waals surface area (Å²) in [5.74, 6) is 0.671. The lowest BCUT2D eigenvalue weighted by Gasteiger charge is -2.09. The summed E-state index contributed by atoms with van der Waals surface area (Å²) in [5, 5.41) is 11.5. The summed E-state index contributed by atoms with van der Waals surface area (Å²) in [6, 6.07) is 5.13. The zero-order chi connectivity index (χ0) is 13.4. The zero-order valence-corrected chi connectivity index (χ0v) is 11.0. The molecule has 0 atom stereocenters. The van der Waals surface area contributed by atoms with Crippen molar-refractivity contribution in [3.05, 3.63) is 34.4 Å². The van der Waals surface area contributed by atoms with Gasteiger partial charge in [0.1, 0.15) is 5.82 Å². The summed E-state index contributed by atoms with van der Waals surface area (Å²) in [7, 11) is 0. The van der Waals surface area contributed by atoms with Crippen LogP contribution in [-0.4, -0.2) is 20.2 Å². The Bertz CT molecular complexity index is 754. The third-order valence-corrected chi connectivity index (χ3v) is 3.06. The van der Waals surface area contributed by atoms with Crippen molar-refractivity contribution in [3.63, 3.8) is 0 Å². The molecule has 0 aliphatic heterocycles. The van der Waals surface area contributed by atoms with Gasteiger partial charge >= 0.3 is 0 Å². The fraction of sp³-hybridized carbons (Fsp3) is 0. The lowest BCUT2D eigenvalue weighted by Crippen LogP contribution is -2.01. The highest BCUT2D eigenvalue weighted by Crippen LogP contribution is 2.30. The first-order valence-electron chi connectivity index (χ1n) is 5.32. The van der Waals surface area contributed by atoms with E-state index in [0.29, 0.717) is 27.2 Å². The molecule has 0 unspecified atom stereocenters. The first-order valence-corrected chi connectivity index (χ1v) is 6.08. The molecule has 0 radical (unpaired) electrons. The molecule has 19 heavy (non-hydrogen) atoms. The van der Waals surface area contributed by atoms with Crippen LogP contribution in [0.2, 0.25) is 10.0 Å². The van der Waals surface area contributed by atoms with Gasteiger partial charge in [-0.3, -0.25) is 5.10 Å². The standard InChI is InChI=1S/C11H8Cl2N6/c12-5-1-2-8(7(13)3-5)16-9-6-4-15-19-10(6)18-11(14)17-9/h1-4H,(H4,14,15,16,17,18,19). The topological polar surface area (TPSA) is 92.5 Å². The van der Waals surface area contributed by atoms with E-state index in [1.807, 2.05) is 0 Å². The minimum absolute atomic E-state index is 0.143. The third-order valence-electron chi connectivity index (χ3n) is 2.51. The minimum atomic E-state index is 0.143. The smallest absolute Gasteiger partial charge is 0.224 e. The summed E-state index contributed by atoms with van der Waals surface area (Å²) >= 11 is 11.9. The van der Waals surface area contributed by atoms with E-state index in [4.69, 9.17) is 28.9 Å². The number of hydrogen-bond donors (Lipinski definition) is 3. The van der Waals surface area contributed by atoms with Crippen LogP contribution in [0.1, 0.15) is 0 Å². The Hall–Kier alpha value is -2.05. The maximum absolute atomic E-state index is 6.10. The van der Waals surface area contributed by atoms with Crippen molar-refractivity contribution in [1.29, 1.82) is 0 Å². The van der Waals surface area contributed by atoms with Crippen molar-refractivity contribution < 1.29 is 0 Å². The molecule has 8 heteroatoms. The number of benzene rings is 1. The normalized spacial score (nSPS) is 10.8. The Kier molecular flexibility index (Phi) is 2.88. The fourth-order valence-electron chi connectivity index (χ4n) is 1.67. The number of aromatic nitrogens is 4. The van der Waals surface area contributed by atoms with Gasteiger partial charge in [-0.25, -0.2) is 0 Å². The number of halogens is 2. The van der Waals surface area contributed by atoms with Crippen LogP contribution < -0.4 is 11.1 Å². The second-order valence-corrected chi connectivity index (χ2v) is 4.66. The van der Waals surface area contributed by atoms with Gasteiger partial charge in [0.15, 0.2) is 5.65 Å². The van der Waals surface area contributed by atoms with E-state index in [1.165, 1.54) is 0 Å². The Morgan fingerprint density at radius 2 is 2.05 bits per heavy atom. The fourth-order valence-corrected chi connectivity index (χ4v) is 2.12.